The predicted octanol–water partition coefficient (Wildman–Crippen LogP) is 0.320. The Kier molecular flexibility index (Phi) is 4.38. The van der Waals surface area contributed by atoms with Gasteiger partial charge >= 0.3 is 7.12 Å². The van der Waals surface area contributed by atoms with E-state index >= 15 is 0 Å². The molecule has 0 radical (unpaired) electrons. The summed E-state index contributed by atoms with van der Waals surface area (Å²) in [6.07, 6.45) is 1.41. The van der Waals surface area contributed by atoms with Gasteiger partial charge in [0.1, 0.15) is 5.82 Å². The molecule has 0 fully saturated rings. The van der Waals surface area contributed by atoms with E-state index in [9.17, 15) is 9.18 Å². The number of hydrogen-bond acceptors (Lipinski definition) is 3. The highest BCUT2D eigenvalue weighted by Gasteiger charge is 2.13. The van der Waals surface area contributed by atoms with Crippen LogP contribution in [0.15, 0.2) is 41.3 Å². The molecule has 0 aliphatic heterocycles. The van der Waals surface area contributed by atoms with Crippen molar-refractivity contribution in [2.45, 2.75) is 6.54 Å². The van der Waals surface area contributed by atoms with Crippen LogP contribution in [0.2, 0.25) is 0 Å². The van der Waals surface area contributed by atoms with Gasteiger partial charge in [-0.1, -0.05) is 12.1 Å². The molecule has 0 aliphatic carbocycles. The number of nitrogens with zero attached hydrogens (tertiary/aromatic N) is 1. The van der Waals surface area contributed by atoms with Crippen LogP contribution in [0.25, 0.3) is 0 Å². The highest BCUT2D eigenvalue weighted by Crippen LogP contribution is 2.15. The van der Waals surface area contributed by atoms with E-state index in [1.165, 1.54) is 16.8 Å². The minimum Gasteiger partial charge on any atom is -0.423 e. The number of halogens is 2. The van der Waals surface area contributed by atoms with Crippen LogP contribution in [0, 0.1) is 9.39 Å². The lowest BCUT2D eigenvalue weighted by molar-refractivity contribution is 0.425. The zero-order chi connectivity index (χ0) is 14.0. The molecule has 4 nitrogen and oxygen atoms in total. The van der Waals surface area contributed by atoms with Crippen LogP contribution in [0.3, 0.4) is 0 Å². The molecule has 0 atom stereocenters. The van der Waals surface area contributed by atoms with Crippen LogP contribution in [0.5, 0.6) is 0 Å². The summed E-state index contributed by atoms with van der Waals surface area (Å²) < 4.78 is 15.6. The van der Waals surface area contributed by atoms with Gasteiger partial charge in [0.15, 0.2) is 0 Å². The fourth-order valence-electron chi connectivity index (χ4n) is 1.67. The Balaban J connectivity index is 2.34. The van der Waals surface area contributed by atoms with E-state index in [-0.39, 0.29) is 17.8 Å². The van der Waals surface area contributed by atoms with E-state index in [1.54, 1.807) is 18.2 Å². The number of rotatable bonds is 3. The molecule has 1 heterocycles. The predicted molar refractivity (Wildman–Crippen MR) is 78.7 cm³/mol. The molecule has 0 bridgehead atoms. The number of pyridine rings is 1. The largest absolute Gasteiger partial charge is 0.488 e. The Bertz CT molecular complexity index is 660. The van der Waals surface area contributed by atoms with Crippen LogP contribution in [-0.2, 0) is 6.54 Å². The van der Waals surface area contributed by atoms with Crippen LogP contribution < -0.4 is 11.0 Å². The van der Waals surface area contributed by atoms with Crippen molar-refractivity contribution in [3.63, 3.8) is 0 Å². The van der Waals surface area contributed by atoms with Gasteiger partial charge in [0.2, 0.25) is 5.56 Å². The molecular weight excluding hydrogens is 363 g/mol. The van der Waals surface area contributed by atoms with Crippen LogP contribution in [-0.4, -0.2) is 21.7 Å². The maximum absolute atomic E-state index is 13.8. The molecule has 0 unspecified atom stereocenters. The Labute approximate surface area is 122 Å². The summed E-state index contributed by atoms with van der Waals surface area (Å²) in [6.45, 7) is 0.101. The van der Waals surface area contributed by atoms with Gasteiger partial charge in [-0.2, -0.15) is 0 Å². The average molecular weight is 373 g/mol. The van der Waals surface area contributed by atoms with E-state index in [4.69, 9.17) is 10.0 Å². The average Bonchev–Trinajstić information content (AvgIpc) is 2.37. The van der Waals surface area contributed by atoms with Gasteiger partial charge in [0.25, 0.3) is 0 Å². The summed E-state index contributed by atoms with van der Waals surface area (Å²) in [5, 5.41) is 17.9. The molecule has 0 spiro atoms. The van der Waals surface area contributed by atoms with E-state index in [2.05, 4.69) is 0 Å². The number of hydrogen-bond donors (Lipinski definition) is 2. The van der Waals surface area contributed by atoms with Crippen molar-refractivity contribution in [1.29, 1.82) is 0 Å². The highest BCUT2D eigenvalue weighted by molar-refractivity contribution is 14.1. The third-order valence-corrected chi connectivity index (χ3v) is 3.52. The zero-order valence-corrected chi connectivity index (χ0v) is 11.9. The normalized spacial score (nSPS) is 10.5. The standard InChI is InChI=1S/C12H10BFINO3/c14-12-8(2-1-3-10(12)15)7-16-5-4-9(13(18)19)6-11(16)17/h1-6,18-19H,7H2. The molecule has 0 saturated heterocycles. The van der Waals surface area contributed by atoms with E-state index < -0.39 is 12.7 Å². The quantitative estimate of drug-likeness (QED) is 0.602. The van der Waals surface area contributed by atoms with Gasteiger partial charge in [0.05, 0.1) is 6.54 Å². The van der Waals surface area contributed by atoms with Crippen molar-refractivity contribution in [1.82, 2.24) is 4.57 Å². The molecule has 7 heteroatoms. The van der Waals surface area contributed by atoms with Gasteiger partial charge in [-0.25, -0.2) is 4.39 Å². The maximum atomic E-state index is 13.8. The Morgan fingerprint density at radius 3 is 2.68 bits per heavy atom. The van der Waals surface area contributed by atoms with Gasteiger partial charge in [0, 0.05) is 21.4 Å². The molecule has 0 saturated carbocycles. The molecular formula is C12H10BFINO3. The first-order chi connectivity index (χ1) is 8.99. The van der Waals surface area contributed by atoms with Crippen molar-refractivity contribution in [2.24, 2.45) is 0 Å². The van der Waals surface area contributed by atoms with Crippen molar-refractivity contribution >= 4 is 35.2 Å². The fraction of sp³-hybridized carbons (Fsp3) is 0.0833. The minimum absolute atomic E-state index is 0.101. The molecule has 1 aromatic carbocycles. The summed E-state index contributed by atoms with van der Waals surface area (Å²) in [5.41, 5.74) is 0.111. The van der Waals surface area contributed by atoms with Gasteiger partial charge in [-0.15, -0.1) is 0 Å². The first kappa shape index (κ1) is 14.2. The van der Waals surface area contributed by atoms with Crippen molar-refractivity contribution in [3.05, 3.63) is 61.8 Å². The monoisotopic (exact) mass is 373 g/mol. The summed E-state index contributed by atoms with van der Waals surface area (Å²) in [7, 11) is -1.68. The summed E-state index contributed by atoms with van der Waals surface area (Å²) >= 11 is 1.89. The molecule has 0 aliphatic rings. The molecule has 0 amide bonds. The second kappa shape index (κ2) is 5.85. The molecule has 2 N–H and O–H groups in total. The molecule has 1 aromatic heterocycles. The van der Waals surface area contributed by atoms with Gasteiger partial charge in [-0.3, -0.25) is 4.79 Å². The Hall–Kier alpha value is -1.19. The van der Waals surface area contributed by atoms with Crippen LogP contribution in [0.1, 0.15) is 5.56 Å². The highest BCUT2D eigenvalue weighted by atomic mass is 127. The van der Waals surface area contributed by atoms with Gasteiger partial charge < -0.3 is 14.6 Å². The number of aromatic nitrogens is 1. The van der Waals surface area contributed by atoms with E-state index in [1.807, 2.05) is 22.6 Å². The topological polar surface area (TPSA) is 62.5 Å². The Morgan fingerprint density at radius 2 is 2.05 bits per heavy atom. The lowest BCUT2D eigenvalue weighted by atomic mass is 9.81. The van der Waals surface area contributed by atoms with E-state index in [0.717, 1.165) is 6.07 Å². The minimum atomic E-state index is -1.68. The number of benzene rings is 1. The van der Waals surface area contributed by atoms with Crippen molar-refractivity contribution in [3.8, 4) is 0 Å². The van der Waals surface area contributed by atoms with Crippen LogP contribution in [0.4, 0.5) is 4.39 Å². The van der Waals surface area contributed by atoms with Gasteiger partial charge in [-0.05, 0) is 40.2 Å². The Morgan fingerprint density at radius 1 is 1.32 bits per heavy atom. The molecule has 98 valence electrons. The third-order valence-electron chi connectivity index (χ3n) is 2.69. The summed E-state index contributed by atoms with van der Waals surface area (Å²) in [4.78, 5) is 11.8. The second-order valence-corrected chi connectivity index (χ2v) is 5.18. The molecule has 2 aromatic rings. The lowest BCUT2D eigenvalue weighted by Gasteiger charge is -2.08. The SMILES string of the molecule is O=c1cc(B(O)O)ccn1Cc1cccc(I)c1F. The summed E-state index contributed by atoms with van der Waals surface area (Å²) in [5.74, 6) is -0.346. The van der Waals surface area contributed by atoms with Crippen molar-refractivity contribution in [2.75, 3.05) is 0 Å². The summed E-state index contributed by atoms with van der Waals surface area (Å²) in [6, 6.07) is 7.51. The smallest absolute Gasteiger partial charge is 0.423 e. The first-order valence-corrected chi connectivity index (χ1v) is 6.56. The second-order valence-electron chi connectivity index (χ2n) is 4.01. The zero-order valence-electron chi connectivity index (χ0n) is 9.75. The molecule has 2 rings (SSSR count). The van der Waals surface area contributed by atoms with Crippen molar-refractivity contribution < 1.29 is 14.4 Å². The fourth-order valence-corrected chi connectivity index (χ4v) is 2.22. The lowest BCUT2D eigenvalue weighted by Crippen LogP contribution is -2.35. The first-order valence-electron chi connectivity index (χ1n) is 5.48. The maximum Gasteiger partial charge on any atom is 0.488 e. The molecule has 19 heavy (non-hydrogen) atoms. The third kappa shape index (κ3) is 3.23. The van der Waals surface area contributed by atoms with E-state index in [0.29, 0.717) is 9.13 Å². The van der Waals surface area contributed by atoms with Crippen LogP contribution >= 0.6 is 22.6 Å².